The monoisotopic (exact) mass is 310 g/mol. The molecule has 1 heterocycles. The number of Topliss-reactive ketones (excluding diaryl/α,β-unsaturated/α-hetero) is 1. The summed E-state index contributed by atoms with van der Waals surface area (Å²) in [5.74, 6) is 0.346. The zero-order valence-electron chi connectivity index (χ0n) is 9.86. The normalized spacial score (nSPS) is 10.6. The van der Waals surface area contributed by atoms with Crippen LogP contribution in [-0.2, 0) is 13.5 Å². The highest BCUT2D eigenvalue weighted by atomic mass is 79.9. The first-order chi connectivity index (χ1) is 8.58. The highest BCUT2D eigenvalue weighted by Gasteiger charge is 2.12. The predicted molar refractivity (Wildman–Crippen MR) is 70.0 cm³/mol. The van der Waals surface area contributed by atoms with Gasteiger partial charge in [0.2, 0.25) is 0 Å². The molecule has 3 nitrogen and oxygen atoms in total. The van der Waals surface area contributed by atoms with Crippen LogP contribution in [0.5, 0.6) is 0 Å². The lowest BCUT2D eigenvalue weighted by atomic mass is 10.1. The number of carbonyl (C=O) groups excluding carboxylic acids is 1. The molecule has 0 saturated heterocycles. The maximum Gasteiger partial charge on any atom is 0.164 e. The maximum absolute atomic E-state index is 13.1. The largest absolute Gasteiger partial charge is 0.338 e. The Bertz CT molecular complexity index is 580. The van der Waals surface area contributed by atoms with Crippen molar-refractivity contribution < 1.29 is 9.18 Å². The van der Waals surface area contributed by atoms with Crippen molar-refractivity contribution in [3.8, 4) is 0 Å². The third-order valence-corrected chi connectivity index (χ3v) is 3.42. The van der Waals surface area contributed by atoms with E-state index in [0.717, 1.165) is 5.82 Å². The van der Waals surface area contributed by atoms with E-state index in [2.05, 4.69) is 20.9 Å². The van der Waals surface area contributed by atoms with Crippen molar-refractivity contribution in [2.75, 3.05) is 0 Å². The molecule has 0 unspecified atom stereocenters. The summed E-state index contributed by atoms with van der Waals surface area (Å²) in [6, 6.07) is 4.12. The molecule has 0 fully saturated rings. The molecule has 0 N–H and O–H groups in total. The fourth-order valence-electron chi connectivity index (χ4n) is 1.71. The third kappa shape index (κ3) is 2.85. The van der Waals surface area contributed by atoms with E-state index in [-0.39, 0.29) is 5.78 Å². The summed E-state index contributed by atoms with van der Waals surface area (Å²) >= 11 is 3.26. The van der Waals surface area contributed by atoms with Gasteiger partial charge in [-0.15, -0.1) is 0 Å². The molecule has 0 bridgehead atoms. The molecule has 18 heavy (non-hydrogen) atoms. The Morgan fingerprint density at radius 3 is 2.94 bits per heavy atom. The quantitative estimate of drug-likeness (QED) is 0.813. The molecule has 0 saturated carbocycles. The van der Waals surface area contributed by atoms with Crippen LogP contribution >= 0.6 is 15.9 Å². The van der Waals surface area contributed by atoms with Crippen LogP contribution < -0.4 is 0 Å². The minimum Gasteiger partial charge on any atom is -0.338 e. The van der Waals surface area contributed by atoms with Gasteiger partial charge in [0.15, 0.2) is 5.78 Å². The molecule has 2 aromatic rings. The van der Waals surface area contributed by atoms with Gasteiger partial charge < -0.3 is 4.57 Å². The van der Waals surface area contributed by atoms with Gasteiger partial charge in [0, 0.05) is 42.3 Å². The minimum atomic E-state index is -0.404. The molecule has 5 heteroatoms. The highest BCUT2D eigenvalue weighted by molar-refractivity contribution is 9.10. The zero-order chi connectivity index (χ0) is 13.1. The van der Waals surface area contributed by atoms with Crippen LogP contribution in [0.25, 0.3) is 0 Å². The van der Waals surface area contributed by atoms with Gasteiger partial charge in [0.05, 0.1) is 0 Å². The number of aromatic nitrogens is 2. The van der Waals surface area contributed by atoms with E-state index in [4.69, 9.17) is 0 Å². The summed E-state index contributed by atoms with van der Waals surface area (Å²) < 4.78 is 15.6. The lowest BCUT2D eigenvalue weighted by molar-refractivity contribution is 0.0981. The van der Waals surface area contributed by atoms with Crippen LogP contribution in [0.1, 0.15) is 22.6 Å². The Morgan fingerprint density at radius 1 is 1.50 bits per heavy atom. The van der Waals surface area contributed by atoms with E-state index < -0.39 is 5.82 Å². The molecule has 0 atom stereocenters. The minimum absolute atomic E-state index is 0.0932. The predicted octanol–water partition coefficient (Wildman–Crippen LogP) is 3.14. The van der Waals surface area contributed by atoms with Crippen molar-refractivity contribution in [1.82, 2.24) is 9.55 Å². The van der Waals surface area contributed by atoms with Gasteiger partial charge in [0.25, 0.3) is 0 Å². The molecular formula is C13H12BrFN2O. The lowest BCUT2D eigenvalue weighted by Crippen LogP contribution is -2.05. The SMILES string of the molecule is Cn1ccnc1CCC(=O)c1cc(F)ccc1Br. The van der Waals surface area contributed by atoms with Crippen LogP contribution in [0, 0.1) is 5.82 Å². The molecule has 0 aliphatic rings. The smallest absolute Gasteiger partial charge is 0.164 e. The molecule has 0 aliphatic heterocycles. The maximum atomic E-state index is 13.1. The fourth-order valence-corrected chi connectivity index (χ4v) is 2.18. The highest BCUT2D eigenvalue weighted by Crippen LogP contribution is 2.20. The van der Waals surface area contributed by atoms with Crippen molar-refractivity contribution >= 4 is 21.7 Å². The molecule has 0 spiro atoms. The second-order valence-corrected chi connectivity index (χ2v) is 4.86. The lowest BCUT2D eigenvalue weighted by Gasteiger charge is -2.04. The van der Waals surface area contributed by atoms with Crippen LogP contribution in [0.3, 0.4) is 0 Å². The first-order valence-electron chi connectivity index (χ1n) is 5.52. The van der Waals surface area contributed by atoms with Crippen LogP contribution in [0.15, 0.2) is 35.1 Å². The van der Waals surface area contributed by atoms with Crippen molar-refractivity contribution in [3.05, 3.63) is 52.3 Å². The second-order valence-electron chi connectivity index (χ2n) is 4.00. The van der Waals surface area contributed by atoms with E-state index >= 15 is 0 Å². The Labute approximate surface area is 113 Å². The summed E-state index contributed by atoms with van der Waals surface area (Å²) in [6.07, 6.45) is 4.38. The fraction of sp³-hybridized carbons (Fsp3) is 0.231. The van der Waals surface area contributed by atoms with Gasteiger partial charge in [0.1, 0.15) is 11.6 Å². The Hall–Kier alpha value is -1.49. The van der Waals surface area contributed by atoms with Crippen LogP contribution in [0.2, 0.25) is 0 Å². The Balaban J connectivity index is 2.08. The van der Waals surface area contributed by atoms with E-state index in [0.29, 0.717) is 22.9 Å². The number of aryl methyl sites for hydroxylation is 2. The number of halogens is 2. The molecule has 1 aromatic carbocycles. The number of carbonyl (C=O) groups is 1. The third-order valence-electron chi connectivity index (χ3n) is 2.73. The van der Waals surface area contributed by atoms with Gasteiger partial charge >= 0.3 is 0 Å². The van der Waals surface area contributed by atoms with Gasteiger partial charge in [-0.3, -0.25) is 4.79 Å². The second kappa shape index (κ2) is 5.44. The summed E-state index contributed by atoms with van der Waals surface area (Å²) in [5, 5.41) is 0. The van der Waals surface area contributed by atoms with E-state index in [1.807, 2.05) is 17.8 Å². The molecule has 0 aliphatic carbocycles. The van der Waals surface area contributed by atoms with Gasteiger partial charge in [-0.2, -0.15) is 0 Å². The average molecular weight is 311 g/mol. The number of hydrogen-bond acceptors (Lipinski definition) is 2. The standard InChI is InChI=1S/C13H12BrFN2O/c1-17-7-6-16-13(17)5-4-12(18)10-8-9(15)2-3-11(10)14/h2-3,6-8H,4-5H2,1H3. The Morgan fingerprint density at radius 2 is 2.28 bits per heavy atom. The van der Waals surface area contributed by atoms with Crippen molar-refractivity contribution in [2.24, 2.45) is 7.05 Å². The van der Waals surface area contributed by atoms with E-state index in [9.17, 15) is 9.18 Å². The summed E-state index contributed by atoms with van der Waals surface area (Å²) in [6.45, 7) is 0. The summed E-state index contributed by atoms with van der Waals surface area (Å²) in [4.78, 5) is 16.1. The first kappa shape index (κ1) is 13.0. The molecule has 2 rings (SSSR count). The van der Waals surface area contributed by atoms with Crippen LogP contribution in [0.4, 0.5) is 4.39 Å². The number of imidazole rings is 1. The topological polar surface area (TPSA) is 34.9 Å². The zero-order valence-corrected chi connectivity index (χ0v) is 11.4. The molecule has 1 aromatic heterocycles. The van der Waals surface area contributed by atoms with Gasteiger partial charge in [-0.1, -0.05) is 15.9 Å². The summed E-state index contributed by atoms with van der Waals surface area (Å²) in [7, 11) is 1.88. The van der Waals surface area contributed by atoms with Gasteiger partial charge in [-0.05, 0) is 18.2 Å². The van der Waals surface area contributed by atoms with Crippen LogP contribution in [-0.4, -0.2) is 15.3 Å². The van der Waals surface area contributed by atoms with Crippen molar-refractivity contribution in [2.45, 2.75) is 12.8 Å². The number of nitrogens with zero attached hydrogens (tertiary/aromatic N) is 2. The molecule has 0 amide bonds. The Kier molecular flexibility index (Phi) is 3.91. The average Bonchev–Trinajstić information content (AvgIpc) is 2.75. The van der Waals surface area contributed by atoms with E-state index in [1.54, 1.807) is 12.3 Å². The molecular weight excluding hydrogens is 299 g/mol. The van der Waals surface area contributed by atoms with E-state index in [1.165, 1.54) is 12.1 Å². The number of hydrogen-bond donors (Lipinski definition) is 0. The van der Waals surface area contributed by atoms with Gasteiger partial charge in [-0.25, -0.2) is 9.37 Å². The number of benzene rings is 1. The number of rotatable bonds is 4. The molecule has 0 radical (unpaired) electrons. The van der Waals surface area contributed by atoms with Crippen molar-refractivity contribution in [3.63, 3.8) is 0 Å². The first-order valence-corrected chi connectivity index (χ1v) is 6.31. The summed E-state index contributed by atoms with van der Waals surface area (Å²) in [5.41, 5.74) is 0.379. The number of ketones is 1. The molecule has 94 valence electrons. The van der Waals surface area contributed by atoms with Crippen molar-refractivity contribution in [1.29, 1.82) is 0 Å².